The summed E-state index contributed by atoms with van der Waals surface area (Å²) in [6.07, 6.45) is 15.7. The molecule has 5 rings (SSSR count). The number of rotatable bonds is 7. The number of ether oxygens (including phenoxy) is 1. The number of halogens is 1. The van der Waals surface area contributed by atoms with E-state index < -0.39 is 0 Å². The standard InChI is InChI=1S/C30H35ClN4O2/c1-3-37-29(36)21-34-17-15-33(16-18-34)20-27-30(24-10-12-25(31)13-11-24)32-28-14-9-22(2)26(19-35(27)28)23-7-5-4-6-8-23/h5,7-14,19,22H,3-4,6,15-18,20-21H2,1-2H3. The highest BCUT2D eigenvalue weighted by Gasteiger charge is 2.25. The van der Waals surface area contributed by atoms with Crippen LogP contribution in [0, 0.1) is 5.92 Å². The Morgan fingerprint density at radius 3 is 2.54 bits per heavy atom. The van der Waals surface area contributed by atoms with Crippen LogP contribution in [-0.2, 0) is 16.1 Å². The normalized spacial score (nSPS) is 20.2. The van der Waals surface area contributed by atoms with E-state index in [1.54, 1.807) is 0 Å². The minimum Gasteiger partial charge on any atom is -0.465 e. The van der Waals surface area contributed by atoms with Gasteiger partial charge in [-0.3, -0.25) is 14.6 Å². The number of benzene rings is 1. The first-order valence-electron chi connectivity index (χ1n) is 13.3. The molecule has 0 radical (unpaired) electrons. The third kappa shape index (κ3) is 5.98. The summed E-state index contributed by atoms with van der Waals surface area (Å²) in [5.74, 6) is 1.10. The fraction of sp³-hybridized carbons (Fsp3) is 0.400. The fourth-order valence-electron chi connectivity index (χ4n) is 5.20. The molecule has 3 heterocycles. The van der Waals surface area contributed by atoms with Crippen molar-refractivity contribution in [3.63, 3.8) is 0 Å². The number of aromatic nitrogens is 2. The van der Waals surface area contributed by atoms with E-state index in [0.29, 0.717) is 19.1 Å². The lowest BCUT2D eigenvalue weighted by Gasteiger charge is -2.34. The van der Waals surface area contributed by atoms with Crippen molar-refractivity contribution in [3.8, 4) is 11.3 Å². The van der Waals surface area contributed by atoms with Gasteiger partial charge in [0.15, 0.2) is 0 Å². The molecule has 194 valence electrons. The average Bonchev–Trinajstić information content (AvgIpc) is 3.15. The summed E-state index contributed by atoms with van der Waals surface area (Å²) in [6, 6.07) is 7.95. The van der Waals surface area contributed by atoms with Crippen LogP contribution in [0.5, 0.6) is 0 Å². The number of fused-ring (bicyclic) bond motifs is 1. The maximum absolute atomic E-state index is 11.9. The third-order valence-corrected chi connectivity index (χ3v) is 7.52. The zero-order valence-corrected chi connectivity index (χ0v) is 22.5. The van der Waals surface area contributed by atoms with Crippen LogP contribution in [0.4, 0.5) is 0 Å². The molecule has 2 aromatic rings. The summed E-state index contributed by atoms with van der Waals surface area (Å²) in [7, 11) is 0. The molecule has 37 heavy (non-hydrogen) atoms. The van der Waals surface area contributed by atoms with E-state index in [1.165, 1.54) is 16.8 Å². The second kappa shape index (κ2) is 11.6. The molecule has 1 aromatic carbocycles. The van der Waals surface area contributed by atoms with Gasteiger partial charge >= 0.3 is 5.97 Å². The van der Waals surface area contributed by atoms with Crippen LogP contribution in [0.25, 0.3) is 23.5 Å². The van der Waals surface area contributed by atoms with E-state index in [1.807, 2.05) is 19.1 Å². The molecule has 1 aliphatic carbocycles. The Kier molecular flexibility index (Phi) is 8.08. The molecule has 6 nitrogen and oxygen atoms in total. The Morgan fingerprint density at radius 2 is 1.84 bits per heavy atom. The SMILES string of the molecule is CCOC(=O)CN1CCN(Cc2c(-c3ccc(Cl)cc3)nc3n2C=C(C2=CCCC=C2)C(C)C=C3)CC1. The highest BCUT2D eigenvalue weighted by Crippen LogP contribution is 2.34. The van der Waals surface area contributed by atoms with E-state index in [4.69, 9.17) is 21.3 Å². The largest absolute Gasteiger partial charge is 0.465 e. The summed E-state index contributed by atoms with van der Waals surface area (Å²) in [5.41, 5.74) is 5.84. The topological polar surface area (TPSA) is 50.6 Å². The van der Waals surface area contributed by atoms with Crippen LogP contribution in [0.3, 0.4) is 0 Å². The second-order valence-electron chi connectivity index (χ2n) is 9.87. The average molecular weight is 519 g/mol. The van der Waals surface area contributed by atoms with Crippen molar-refractivity contribution in [1.82, 2.24) is 19.4 Å². The van der Waals surface area contributed by atoms with Gasteiger partial charge in [-0.15, -0.1) is 0 Å². The number of carbonyl (C=O) groups is 1. The number of esters is 1. The van der Waals surface area contributed by atoms with Crippen molar-refractivity contribution in [2.75, 3.05) is 39.3 Å². The number of carbonyl (C=O) groups excluding carboxylic acids is 1. The van der Waals surface area contributed by atoms with Crippen molar-refractivity contribution in [1.29, 1.82) is 0 Å². The number of allylic oxidation sites excluding steroid dienone is 6. The van der Waals surface area contributed by atoms with Crippen molar-refractivity contribution in [3.05, 3.63) is 76.3 Å². The van der Waals surface area contributed by atoms with E-state index in [-0.39, 0.29) is 5.97 Å². The first kappa shape index (κ1) is 25.7. The van der Waals surface area contributed by atoms with E-state index in [2.05, 4.69) is 70.0 Å². The highest BCUT2D eigenvalue weighted by atomic mass is 35.5. The summed E-state index contributed by atoms with van der Waals surface area (Å²) >= 11 is 6.20. The van der Waals surface area contributed by atoms with Gasteiger partial charge < -0.3 is 9.30 Å². The Morgan fingerprint density at radius 1 is 1.08 bits per heavy atom. The number of hydrogen-bond acceptors (Lipinski definition) is 5. The predicted octanol–water partition coefficient (Wildman–Crippen LogP) is 5.66. The minimum absolute atomic E-state index is 0.147. The van der Waals surface area contributed by atoms with Crippen LogP contribution >= 0.6 is 11.6 Å². The fourth-order valence-corrected chi connectivity index (χ4v) is 5.33. The molecule has 0 spiro atoms. The van der Waals surface area contributed by atoms with Crippen molar-refractivity contribution in [2.45, 2.75) is 33.2 Å². The summed E-state index contributed by atoms with van der Waals surface area (Å²) in [5, 5.41) is 0.718. The molecular formula is C30H35ClN4O2. The van der Waals surface area contributed by atoms with Gasteiger partial charge in [-0.25, -0.2) is 4.98 Å². The van der Waals surface area contributed by atoms with Gasteiger partial charge in [0.05, 0.1) is 24.5 Å². The Balaban J connectivity index is 1.46. The minimum atomic E-state index is -0.147. The van der Waals surface area contributed by atoms with Crippen molar-refractivity contribution in [2.24, 2.45) is 5.92 Å². The molecule has 0 saturated carbocycles. The quantitative estimate of drug-likeness (QED) is 0.442. The van der Waals surface area contributed by atoms with Crippen molar-refractivity contribution >= 4 is 29.8 Å². The number of nitrogens with zero attached hydrogens (tertiary/aromatic N) is 4. The van der Waals surface area contributed by atoms with Gasteiger partial charge in [-0.2, -0.15) is 0 Å². The lowest BCUT2D eigenvalue weighted by molar-refractivity contribution is -0.144. The highest BCUT2D eigenvalue weighted by molar-refractivity contribution is 6.30. The zero-order valence-electron chi connectivity index (χ0n) is 21.7. The Labute approximate surface area is 224 Å². The molecule has 3 aliphatic rings. The van der Waals surface area contributed by atoms with Gasteiger partial charge in [-0.1, -0.05) is 55.0 Å². The van der Waals surface area contributed by atoms with Crippen LogP contribution in [0.1, 0.15) is 38.2 Å². The summed E-state index contributed by atoms with van der Waals surface area (Å²) in [4.78, 5) is 21.7. The molecule has 2 aliphatic heterocycles. The van der Waals surface area contributed by atoms with Gasteiger partial charge in [-0.05, 0) is 49.1 Å². The van der Waals surface area contributed by atoms with Gasteiger partial charge in [0.1, 0.15) is 5.82 Å². The zero-order chi connectivity index (χ0) is 25.8. The monoisotopic (exact) mass is 518 g/mol. The lowest BCUT2D eigenvalue weighted by Crippen LogP contribution is -2.47. The summed E-state index contributed by atoms with van der Waals surface area (Å²) < 4.78 is 7.42. The molecule has 0 N–H and O–H groups in total. The second-order valence-corrected chi connectivity index (χ2v) is 10.3. The van der Waals surface area contributed by atoms with Crippen LogP contribution in [0.2, 0.25) is 5.02 Å². The van der Waals surface area contributed by atoms with Crippen LogP contribution in [0.15, 0.2) is 59.7 Å². The summed E-state index contributed by atoms with van der Waals surface area (Å²) in [6.45, 7) is 9.11. The Hall–Kier alpha value is -2.93. The third-order valence-electron chi connectivity index (χ3n) is 7.27. The maximum atomic E-state index is 11.9. The van der Waals surface area contributed by atoms with E-state index in [0.717, 1.165) is 67.7 Å². The first-order chi connectivity index (χ1) is 18.0. The first-order valence-corrected chi connectivity index (χ1v) is 13.6. The van der Waals surface area contributed by atoms with Crippen molar-refractivity contribution < 1.29 is 9.53 Å². The molecule has 1 fully saturated rings. The van der Waals surface area contributed by atoms with E-state index >= 15 is 0 Å². The van der Waals surface area contributed by atoms with Gasteiger partial charge in [0, 0.05) is 55.4 Å². The van der Waals surface area contributed by atoms with Crippen LogP contribution in [-0.4, -0.2) is 64.7 Å². The molecule has 1 atom stereocenters. The smallest absolute Gasteiger partial charge is 0.320 e. The molecule has 1 saturated heterocycles. The maximum Gasteiger partial charge on any atom is 0.320 e. The molecule has 0 amide bonds. The number of imidazole rings is 1. The molecule has 0 bridgehead atoms. The lowest BCUT2D eigenvalue weighted by atomic mass is 9.91. The Bertz CT molecular complexity index is 1250. The molecule has 1 aromatic heterocycles. The van der Waals surface area contributed by atoms with Crippen LogP contribution < -0.4 is 0 Å². The number of hydrogen-bond donors (Lipinski definition) is 0. The number of piperazine rings is 1. The van der Waals surface area contributed by atoms with Gasteiger partial charge in [0.2, 0.25) is 0 Å². The molecular weight excluding hydrogens is 484 g/mol. The predicted molar refractivity (Wildman–Crippen MR) is 150 cm³/mol. The molecule has 7 heteroatoms. The van der Waals surface area contributed by atoms with Gasteiger partial charge in [0.25, 0.3) is 0 Å². The molecule has 1 unspecified atom stereocenters. The van der Waals surface area contributed by atoms with E-state index in [9.17, 15) is 4.79 Å².